The number of rotatable bonds is 4. The Labute approximate surface area is 220 Å². The van der Waals surface area contributed by atoms with Gasteiger partial charge in [0.05, 0.1) is 34.8 Å². The van der Waals surface area contributed by atoms with Crippen LogP contribution in [-0.4, -0.2) is 15.7 Å². The highest BCUT2D eigenvalue weighted by Crippen LogP contribution is 2.42. The van der Waals surface area contributed by atoms with Crippen LogP contribution in [0, 0.1) is 11.3 Å². The zero-order valence-corrected chi connectivity index (χ0v) is 20.2. The number of nitrogens with zero attached hydrogens (tertiary/aromatic N) is 3. The molecule has 0 saturated heterocycles. The number of benzene rings is 3. The zero-order chi connectivity index (χ0) is 27.1. The molecule has 2 heterocycles. The zero-order valence-electron chi connectivity index (χ0n) is 20.2. The minimum Gasteiger partial charge on any atom is -0.469 e. The Bertz CT molecular complexity index is 1720. The van der Waals surface area contributed by atoms with E-state index in [1.165, 1.54) is 35.2 Å². The Morgan fingerprint density at radius 3 is 2.23 bits per heavy atom. The number of esters is 1. The lowest BCUT2D eigenvalue weighted by molar-refractivity contribution is -0.142. The summed E-state index contributed by atoms with van der Waals surface area (Å²) >= 11 is 0. The largest absolute Gasteiger partial charge is 0.469 e. The highest BCUT2D eigenvalue weighted by Gasteiger charge is 2.41. The number of carbonyl (C=O) groups is 1. The minimum absolute atomic E-state index is 0.129. The van der Waals surface area contributed by atoms with Gasteiger partial charge in [-0.25, -0.2) is 9.48 Å². The first kappa shape index (κ1) is 24.2. The molecule has 5 aromatic rings. The lowest BCUT2D eigenvalue weighted by atomic mass is 9.94. The number of hydrogen-bond acceptors (Lipinski definition) is 5. The summed E-state index contributed by atoms with van der Waals surface area (Å²) in [7, 11) is 0. The van der Waals surface area contributed by atoms with Crippen molar-refractivity contribution in [2.75, 3.05) is 0 Å². The van der Waals surface area contributed by atoms with Gasteiger partial charge in [-0.3, -0.25) is 0 Å². The number of aryl methyl sites for hydroxylation is 1. The highest BCUT2D eigenvalue weighted by atomic mass is 19.4. The number of carbonyl (C=O) groups excluding carboxylic acids is 1. The first-order valence-electron chi connectivity index (χ1n) is 12.0. The third-order valence-electron chi connectivity index (χ3n) is 6.61. The summed E-state index contributed by atoms with van der Waals surface area (Å²) in [6.45, 7) is 0. The van der Waals surface area contributed by atoms with Gasteiger partial charge in [0.1, 0.15) is 11.5 Å². The molecule has 0 atom stereocenters. The van der Waals surface area contributed by atoms with E-state index in [1.54, 1.807) is 42.5 Å². The van der Waals surface area contributed by atoms with Gasteiger partial charge in [0.15, 0.2) is 5.69 Å². The monoisotopic (exact) mass is 525 g/mol. The molecule has 0 spiro atoms. The molecular formula is C30H18F3N3O3. The standard InChI is InChI=1S/C30H18F3N3O3/c31-30(32,33)28-25-13-14-26-24(15-16-38-26)27(25)36(35-28)22-9-5-21(6-10-22)29(37)39-23-11-7-20(8-12-23)19-3-1-18(17-34)2-4-19/h1-12,15-16H,13-14H2. The van der Waals surface area contributed by atoms with E-state index in [1.807, 2.05) is 12.1 Å². The number of aromatic nitrogens is 2. The first-order valence-corrected chi connectivity index (χ1v) is 12.0. The summed E-state index contributed by atoms with van der Waals surface area (Å²) in [4.78, 5) is 12.7. The molecule has 0 amide bonds. The molecule has 192 valence electrons. The molecule has 0 unspecified atom stereocenters. The molecule has 0 fully saturated rings. The maximum absolute atomic E-state index is 13.8. The van der Waals surface area contributed by atoms with Crippen LogP contribution in [-0.2, 0) is 19.0 Å². The normalized spacial score (nSPS) is 12.4. The second-order valence-corrected chi connectivity index (χ2v) is 8.99. The Balaban J connectivity index is 1.23. The predicted octanol–water partition coefficient (Wildman–Crippen LogP) is 7.01. The van der Waals surface area contributed by atoms with Crippen LogP contribution < -0.4 is 4.74 Å². The van der Waals surface area contributed by atoms with Crippen molar-refractivity contribution < 1.29 is 27.1 Å². The summed E-state index contributed by atoms with van der Waals surface area (Å²) in [6.07, 6.45) is -2.61. The molecule has 0 radical (unpaired) electrons. The minimum atomic E-state index is -4.60. The van der Waals surface area contributed by atoms with Crippen LogP contribution in [0.25, 0.3) is 28.1 Å². The van der Waals surface area contributed by atoms with Gasteiger partial charge < -0.3 is 9.15 Å². The fourth-order valence-corrected chi connectivity index (χ4v) is 4.72. The van der Waals surface area contributed by atoms with Gasteiger partial charge in [-0.05, 0) is 72.1 Å². The lowest BCUT2D eigenvalue weighted by Gasteiger charge is -2.15. The molecule has 1 aliphatic carbocycles. The van der Waals surface area contributed by atoms with Gasteiger partial charge in [0.2, 0.25) is 0 Å². The third kappa shape index (κ3) is 4.46. The van der Waals surface area contributed by atoms with Gasteiger partial charge in [0.25, 0.3) is 0 Å². The van der Waals surface area contributed by atoms with Crippen LogP contribution >= 0.6 is 0 Å². The second kappa shape index (κ2) is 9.33. The van der Waals surface area contributed by atoms with E-state index in [2.05, 4.69) is 11.2 Å². The van der Waals surface area contributed by atoms with Crippen LogP contribution in [0.15, 0.2) is 89.5 Å². The number of halogens is 3. The van der Waals surface area contributed by atoms with Crippen molar-refractivity contribution >= 4 is 5.97 Å². The van der Waals surface area contributed by atoms with Gasteiger partial charge >= 0.3 is 12.1 Å². The molecule has 6 rings (SSSR count). The van der Waals surface area contributed by atoms with E-state index >= 15 is 0 Å². The van der Waals surface area contributed by atoms with Crippen molar-refractivity contribution in [2.45, 2.75) is 19.0 Å². The summed E-state index contributed by atoms with van der Waals surface area (Å²) in [5, 5.41) is 12.9. The number of hydrogen-bond donors (Lipinski definition) is 0. The quantitative estimate of drug-likeness (QED) is 0.186. The van der Waals surface area contributed by atoms with Gasteiger partial charge in [-0.1, -0.05) is 24.3 Å². The van der Waals surface area contributed by atoms with Crippen LogP contribution in [0.1, 0.15) is 32.9 Å². The maximum atomic E-state index is 13.8. The molecule has 2 aromatic heterocycles. The van der Waals surface area contributed by atoms with E-state index in [4.69, 9.17) is 14.4 Å². The Kier molecular flexibility index (Phi) is 5.80. The molecule has 39 heavy (non-hydrogen) atoms. The number of nitriles is 1. The predicted molar refractivity (Wildman–Crippen MR) is 135 cm³/mol. The van der Waals surface area contributed by atoms with Gasteiger partial charge in [-0.2, -0.15) is 23.5 Å². The Morgan fingerprint density at radius 2 is 1.59 bits per heavy atom. The van der Waals surface area contributed by atoms with Crippen molar-refractivity contribution in [2.24, 2.45) is 0 Å². The number of alkyl halides is 3. The molecule has 9 heteroatoms. The summed E-state index contributed by atoms with van der Waals surface area (Å²) < 4.78 is 53.5. The number of fused-ring (bicyclic) bond motifs is 3. The summed E-state index contributed by atoms with van der Waals surface area (Å²) in [6, 6.07) is 23.8. The van der Waals surface area contributed by atoms with E-state index in [-0.39, 0.29) is 17.5 Å². The van der Waals surface area contributed by atoms with Crippen molar-refractivity contribution in [3.63, 3.8) is 0 Å². The smallest absolute Gasteiger partial charge is 0.435 e. The molecule has 3 aromatic carbocycles. The number of furan rings is 1. The van der Waals surface area contributed by atoms with E-state index in [0.717, 1.165) is 11.1 Å². The van der Waals surface area contributed by atoms with Crippen molar-refractivity contribution in [3.05, 3.63) is 113 Å². The molecule has 0 aliphatic heterocycles. The van der Waals surface area contributed by atoms with Crippen LogP contribution in [0.5, 0.6) is 5.75 Å². The fourth-order valence-electron chi connectivity index (χ4n) is 4.72. The lowest BCUT2D eigenvalue weighted by Crippen LogP contribution is -2.11. The average molecular weight is 525 g/mol. The van der Waals surface area contributed by atoms with Crippen LogP contribution in [0.4, 0.5) is 13.2 Å². The molecule has 1 aliphatic rings. The van der Waals surface area contributed by atoms with Crippen LogP contribution in [0.3, 0.4) is 0 Å². The topological polar surface area (TPSA) is 81.0 Å². The average Bonchev–Trinajstić information content (AvgIpc) is 3.58. The molecule has 6 nitrogen and oxygen atoms in total. The summed E-state index contributed by atoms with van der Waals surface area (Å²) in [5.74, 6) is 0.343. The molecule has 0 saturated carbocycles. The van der Waals surface area contributed by atoms with Crippen LogP contribution in [0.2, 0.25) is 0 Å². The fraction of sp³-hybridized carbons (Fsp3) is 0.100. The Morgan fingerprint density at radius 1 is 0.923 bits per heavy atom. The van der Waals surface area contributed by atoms with E-state index < -0.39 is 17.8 Å². The Hall–Kier alpha value is -5.10. The van der Waals surface area contributed by atoms with Gasteiger partial charge in [-0.15, -0.1) is 0 Å². The second-order valence-electron chi connectivity index (χ2n) is 8.99. The summed E-state index contributed by atoms with van der Waals surface area (Å²) in [5.41, 5.74) is 3.11. The molecule has 0 N–H and O–H groups in total. The highest BCUT2D eigenvalue weighted by molar-refractivity contribution is 5.91. The SMILES string of the molecule is N#Cc1ccc(-c2ccc(OC(=O)c3ccc(-n4nc(C(F)(F)F)c5c4-c4ccoc4CC5)cc3)cc2)cc1. The van der Waals surface area contributed by atoms with Crippen molar-refractivity contribution in [3.8, 4) is 39.9 Å². The number of ether oxygens (including phenoxy) is 1. The van der Waals surface area contributed by atoms with Crippen molar-refractivity contribution in [1.29, 1.82) is 5.26 Å². The van der Waals surface area contributed by atoms with E-state index in [9.17, 15) is 18.0 Å². The maximum Gasteiger partial charge on any atom is 0.435 e. The molecular weight excluding hydrogens is 507 g/mol. The van der Waals surface area contributed by atoms with Crippen molar-refractivity contribution in [1.82, 2.24) is 9.78 Å². The first-order chi connectivity index (χ1) is 18.8. The molecule has 0 bridgehead atoms. The third-order valence-corrected chi connectivity index (χ3v) is 6.61. The van der Waals surface area contributed by atoms with E-state index in [0.29, 0.717) is 40.4 Å². The van der Waals surface area contributed by atoms with Gasteiger partial charge in [0, 0.05) is 17.5 Å².